The zero-order chi connectivity index (χ0) is 11.1. The summed E-state index contributed by atoms with van der Waals surface area (Å²) in [5, 5.41) is 3.38. The molecule has 1 aromatic rings. The molecule has 0 bridgehead atoms. The van der Waals surface area contributed by atoms with Crippen molar-refractivity contribution in [2.24, 2.45) is 0 Å². The molecule has 16 heavy (non-hydrogen) atoms. The summed E-state index contributed by atoms with van der Waals surface area (Å²) < 4.78 is 0. The molecule has 0 amide bonds. The van der Waals surface area contributed by atoms with E-state index in [-0.39, 0.29) is 0 Å². The Morgan fingerprint density at radius 3 is 2.75 bits per heavy atom. The largest absolute Gasteiger partial charge is 0.307 e. The second-order valence-corrected chi connectivity index (χ2v) is 5.07. The van der Waals surface area contributed by atoms with E-state index in [9.17, 15) is 0 Å². The SMILES string of the molecule is CN(C)Cc1nc2c(c(C3CC3)n1)CNC2. The highest BCUT2D eigenvalue weighted by molar-refractivity contribution is 5.33. The molecule has 1 saturated carbocycles. The molecule has 1 aliphatic heterocycles. The topological polar surface area (TPSA) is 41.1 Å². The Balaban J connectivity index is 1.98. The molecule has 1 aromatic heterocycles. The maximum atomic E-state index is 4.75. The van der Waals surface area contributed by atoms with Crippen molar-refractivity contribution in [3.8, 4) is 0 Å². The monoisotopic (exact) mass is 218 g/mol. The summed E-state index contributed by atoms with van der Waals surface area (Å²) in [5.41, 5.74) is 3.94. The van der Waals surface area contributed by atoms with Crippen LogP contribution in [-0.4, -0.2) is 29.0 Å². The van der Waals surface area contributed by atoms with Gasteiger partial charge in [-0.3, -0.25) is 0 Å². The van der Waals surface area contributed by atoms with Crippen LogP contribution in [0.15, 0.2) is 0 Å². The number of hydrogen-bond donors (Lipinski definition) is 1. The van der Waals surface area contributed by atoms with Gasteiger partial charge < -0.3 is 10.2 Å². The maximum absolute atomic E-state index is 4.75. The molecule has 3 rings (SSSR count). The van der Waals surface area contributed by atoms with Crippen LogP contribution in [-0.2, 0) is 19.6 Å². The number of aromatic nitrogens is 2. The van der Waals surface area contributed by atoms with E-state index in [1.807, 2.05) is 0 Å². The summed E-state index contributed by atoms with van der Waals surface area (Å²) in [6.07, 6.45) is 2.62. The zero-order valence-electron chi connectivity index (χ0n) is 9.95. The standard InChI is InChI=1S/C12H18N4/c1-16(2)7-11-14-10-6-13-5-9(10)12(15-11)8-3-4-8/h8,13H,3-7H2,1-2H3. The smallest absolute Gasteiger partial charge is 0.142 e. The summed E-state index contributed by atoms with van der Waals surface area (Å²) in [7, 11) is 4.12. The normalized spacial score (nSPS) is 19.2. The fourth-order valence-electron chi connectivity index (χ4n) is 2.30. The Labute approximate surface area is 96.1 Å². The third-order valence-electron chi connectivity index (χ3n) is 3.19. The molecule has 1 fully saturated rings. The van der Waals surface area contributed by atoms with Gasteiger partial charge in [-0.05, 0) is 26.9 Å². The molecule has 0 spiro atoms. The maximum Gasteiger partial charge on any atom is 0.142 e. The molecule has 0 saturated heterocycles. The lowest BCUT2D eigenvalue weighted by Crippen LogP contribution is -2.15. The van der Waals surface area contributed by atoms with Gasteiger partial charge in [0.1, 0.15) is 5.82 Å². The summed E-state index contributed by atoms with van der Waals surface area (Å²) in [6, 6.07) is 0. The van der Waals surface area contributed by atoms with Crippen molar-refractivity contribution in [2.45, 2.75) is 38.4 Å². The van der Waals surface area contributed by atoms with E-state index in [1.165, 1.54) is 29.8 Å². The molecule has 2 aliphatic rings. The predicted molar refractivity (Wildman–Crippen MR) is 61.9 cm³/mol. The first kappa shape index (κ1) is 10.2. The van der Waals surface area contributed by atoms with E-state index >= 15 is 0 Å². The molecule has 4 nitrogen and oxygen atoms in total. The van der Waals surface area contributed by atoms with Gasteiger partial charge >= 0.3 is 0 Å². The Kier molecular flexibility index (Phi) is 2.41. The first-order valence-electron chi connectivity index (χ1n) is 5.98. The first-order chi connectivity index (χ1) is 7.74. The van der Waals surface area contributed by atoms with E-state index in [4.69, 9.17) is 4.98 Å². The molecule has 0 aromatic carbocycles. The second kappa shape index (κ2) is 3.79. The summed E-state index contributed by atoms with van der Waals surface area (Å²) in [4.78, 5) is 11.5. The van der Waals surface area contributed by atoms with Gasteiger partial charge in [-0.15, -0.1) is 0 Å². The van der Waals surface area contributed by atoms with Gasteiger partial charge in [-0.1, -0.05) is 0 Å². The second-order valence-electron chi connectivity index (χ2n) is 5.07. The Bertz CT molecular complexity index is 410. The van der Waals surface area contributed by atoms with Gasteiger partial charge in [0, 0.05) is 24.6 Å². The predicted octanol–water partition coefficient (Wildman–Crippen LogP) is 1.02. The van der Waals surface area contributed by atoms with Crippen molar-refractivity contribution >= 4 is 0 Å². The van der Waals surface area contributed by atoms with Crippen LogP contribution in [0.4, 0.5) is 0 Å². The number of hydrogen-bond acceptors (Lipinski definition) is 4. The van der Waals surface area contributed by atoms with Crippen LogP contribution < -0.4 is 5.32 Å². The molecule has 2 heterocycles. The summed E-state index contributed by atoms with van der Waals surface area (Å²) in [5.74, 6) is 1.70. The highest BCUT2D eigenvalue weighted by atomic mass is 15.1. The van der Waals surface area contributed by atoms with Crippen LogP contribution in [0, 0.1) is 0 Å². The fraction of sp³-hybridized carbons (Fsp3) is 0.667. The van der Waals surface area contributed by atoms with E-state index in [1.54, 1.807) is 0 Å². The van der Waals surface area contributed by atoms with E-state index in [2.05, 4.69) is 29.3 Å². The lowest BCUT2D eigenvalue weighted by Gasteiger charge is -2.12. The van der Waals surface area contributed by atoms with E-state index in [0.29, 0.717) is 0 Å². The van der Waals surface area contributed by atoms with Gasteiger partial charge in [-0.25, -0.2) is 9.97 Å². The Morgan fingerprint density at radius 2 is 2.06 bits per heavy atom. The number of rotatable bonds is 3. The Hall–Kier alpha value is -1.00. The molecule has 0 radical (unpaired) electrons. The molecule has 1 aliphatic carbocycles. The third-order valence-corrected chi connectivity index (χ3v) is 3.19. The molecule has 0 unspecified atom stereocenters. The van der Waals surface area contributed by atoms with Crippen LogP contribution in [0.25, 0.3) is 0 Å². The number of fused-ring (bicyclic) bond motifs is 1. The fourth-order valence-corrected chi connectivity index (χ4v) is 2.30. The highest BCUT2D eigenvalue weighted by Gasteiger charge is 2.31. The lowest BCUT2D eigenvalue weighted by molar-refractivity contribution is 0.389. The van der Waals surface area contributed by atoms with Crippen LogP contribution in [0.2, 0.25) is 0 Å². The molecule has 4 heteroatoms. The highest BCUT2D eigenvalue weighted by Crippen LogP contribution is 2.41. The van der Waals surface area contributed by atoms with Crippen molar-refractivity contribution in [1.82, 2.24) is 20.2 Å². The van der Waals surface area contributed by atoms with Gasteiger partial charge in [0.25, 0.3) is 0 Å². The third kappa shape index (κ3) is 1.83. The number of nitrogens with zero attached hydrogens (tertiary/aromatic N) is 3. The van der Waals surface area contributed by atoms with Crippen molar-refractivity contribution in [3.63, 3.8) is 0 Å². The minimum Gasteiger partial charge on any atom is -0.307 e. The van der Waals surface area contributed by atoms with Crippen LogP contribution in [0.5, 0.6) is 0 Å². The van der Waals surface area contributed by atoms with E-state index < -0.39 is 0 Å². The summed E-state index contributed by atoms with van der Waals surface area (Å²) >= 11 is 0. The zero-order valence-corrected chi connectivity index (χ0v) is 9.95. The average Bonchev–Trinajstić information content (AvgIpc) is 2.95. The molecule has 86 valence electrons. The van der Waals surface area contributed by atoms with Crippen molar-refractivity contribution in [3.05, 3.63) is 22.8 Å². The molecular formula is C12H18N4. The Morgan fingerprint density at radius 1 is 1.25 bits per heavy atom. The quantitative estimate of drug-likeness (QED) is 0.822. The van der Waals surface area contributed by atoms with Crippen LogP contribution in [0.1, 0.15) is 41.5 Å². The molecule has 1 N–H and O–H groups in total. The number of nitrogens with one attached hydrogen (secondary N) is 1. The molecule has 0 atom stereocenters. The first-order valence-corrected chi connectivity index (χ1v) is 5.98. The minimum atomic E-state index is 0.720. The van der Waals surface area contributed by atoms with Crippen molar-refractivity contribution in [2.75, 3.05) is 14.1 Å². The van der Waals surface area contributed by atoms with Gasteiger partial charge in [0.15, 0.2) is 0 Å². The van der Waals surface area contributed by atoms with Crippen LogP contribution >= 0.6 is 0 Å². The van der Waals surface area contributed by atoms with Crippen LogP contribution in [0.3, 0.4) is 0 Å². The average molecular weight is 218 g/mol. The van der Waals surface area contributed by atoms with Gasteiger partial charge in [0.05, 0.1) is 17.9 Å². The summed E-state index contributed by atoms with van der Waals surface area (Å²) in [6.45, 7) is 2.72. The van der Waals surface area contributed by atoms with E-state index in [0.717, 1.165) is 31.4 Å². The van der Waals surface area contributed by atoms with Gasteiger partial charge in [-0.2, -0.15) is 0 Å². The lowest BCUT2D eigenvalue weighted by atomic mass is 10.1. The van der Waals surface area contributed by atoms with Crippen molar-refractivity contribution < 1.29 is 0 Å². The molecular weight excluding hydrogens is 200 g/mol. The van der Waals surface area contributed by atoms with Crippen molar-refractivity contribution in [1.29, 1.82) is 0 Å². The van der Waals surface area contributed by atoms with Gasteiger partial charge in [0.2, 0.25) is 0 Å². The minimum absolute atomic E-state index is 0.720.